The molecule has 0 aliphatic carbocycles. The van der Waals surface area contributed by atoms with Gasteiger partial charge in [-0.1, -0.05) is 0 Å². The van der Waals surface area contributed by atoms with Crippen LogP contribution in [0.25, 0.3) is 0 Å². The van der Waals surface area contributed by atoms with Crippen molar-refractivity contribution in [2.45, 2.75) is 19.4 Å². The van der Waals surface area contributed by atoms with E-state index in [0.29, 0.717) is 0 Å². The van der Waals surface area contributed by atoms with Gasteiger partial charge in [-0.3, -0.25) is 0 Å². The maximum absolute atomic E-state index is 8.77. The lowest BCUT2D eigenvalue weighted by molar-refractivity contribution is 0.220. The molecule has 0 fully saturated rings. The van der Waals surface area contributed by atoms with E-state index in [9.17, 15) is 0 Å². The molecule has 0 spiro atoms. The van der Waals surface area contributed by atoms with Gasteiger partial charge in [-0.25, -0.2) is 0 Å². The molecule has 0 aliphatic rings. The Kier molecular flexibility index (Phi) is 6.58. The zero-order chi connectivity index (χ0) is 7.11. The van der Waals surface area contributed by atoms with Crippen LogP contribution in [0.4, 0.5) is 0 Å². The highest BCUT2D eigenvalue weighted by Crippen LogP contribution is 2.03. The van der Waals surface area contributed by atoms with Gasteiger partial charge in [-0.05, 0) is 19.1 Å². The fourth-order valence-electron chi connectivity index (χ4n) is 0.421. The van der Waals surface area contributed by atoms with Crippen LogP contribution in [0.5, 0.6) is 0 Å². The van der Waals surface area contributed by atoms with Crippen molar-refractivity contribution >= 4 is 11.8 Å². The van der Waals surface area contributed by atoms with E-state index < -0.39 is 0 Å². The first-order chi connectivity index (χ1) is 4.27. The Morgan fingerprint density at radius 3 is 2.67 bits per heavy atom. The summed E-state index contributed by atoms with van der Waals surface area (Å²) in [5.41, 5.74) is 0. The molecule has 0 saturated heterocycles. The fraction of sp³-hybridized carbons (Fsp3) is 1.00. The molecule has 0 radical (unpaired) electrons. The molecule has 0 amide bonds. The summed E-state index contributed by atoms with van der Waals surface area (Å²) in [4.78, 5) is 0. The third kappa shape index (κ3) is 8.27. The van der Waals surface area contributed by atoms with Gasteiger partial charge in [-0.2, -0.15) is 11.8 Å². The third-order valence-corrected chi connectivity index (χ3v) is 2.10. The first kappa shape index (κ1) is 9.27. The molecule has 0 aromatic carbocycles. The number of rotatable bonds is 5. The molecule has 0 aromatic rings. The molecular weight excluding hydrogens is 136 g/mol. The van der Waals surface area contributed by atoms with E-state index in [0.717, 1.165) is 17.9 Å². The van der Waals surface area contributed by atoms with Crippen LogP contribution in [0.2, 0.25) is 0 Å². The van der Waals surface area contributed by atoms with Crippen LogP contribution in [-0.4, -0.2) is 34.4 Å². The van der Waals surface area contributed by atoms with Crippen LogP contribution in [0.1, 0.15) is 13.3 Å². The summed E-state index contributed by atoms with van der Waals surface area (Å²) in [5, 5.41) is 17.1. The molecule has 0 saturated carbocycles. The minimum Gasteiger partial charge on any atom is -0.396 e. The lowest BCUT2D eigenvalue weighted by atomic mass is 10.5. The number of hydrogen-bond acceptors (Lipinski definition) is 3. The highest BCUT2D eigenvalue weighted by Gasteiger charge is 1.93. The van der Waals surface area contributed by atoms with Gasteiger partial charge >= 0.3 is 0 Å². The monoisotopic (exact) mass is 150 g/mol. The van der Waals surface area contributed by atoms with Crippen molar-refractivity contribution in [3.05, 3.63) is 0 Å². The Morgan fingerprint density at radius 2 is 2.22 bits per heavy atom. The van der Waals surface area contributed by atoms with Crippen molar-refractivity contribution in [1.82, 2.24) is 0 Å². The van der Waals surface area contributed by atoms with E-state index in [1.807, 2.05) is 0 Å². The van der Waals surface area contributed by atoms with Crippen LogP contribution in [0.3, 0.4) is 0 Å². The minimum absolute atomic E-state index is 0.214. The predicted molar refractivity (Wildman–Crippen MR) is 40.7 cm³/mol. The van der Waals surface area contributed by atoms with E-state index in [-0.39, 0.29) is 12.7 Å². The largest absolute Gasteiger partial charge is 0.396 e. The Hall–Kier alpha value is 0.270. The minimum atomic E-state index is -0.214. The molecule has 2 nitrogen and oxygen atoms in total. The van der Waals surface area contributed by atoms with Crippen LogP contribution in [-0.2, 0) is 0 Å². The molecule has 0 bridgehead atoms. The van der Waals surface area contributed by atoms with Gasteiger partial charge in [0.05, 0.1) is 6.10 Å². The molecule has 1 atom stereocenters. The van der Waals surface area contributed by atoms with Crippen molar-refractivity contribution in [2.24, 2.45) is 0 Å². The van der Waals surface area contributed by atoms with E-state index >= 15 is 0 Å². The molecule has 0 rings (SSSR count). The molecular formula is C6H14O2S. The Morgan fingerprint density at radius 1 is 1.56 bits per heavy atom. The van der Waals surface area contributed by atoms with Crippen molar-refractivity contribution < 1.29 is 10.2 Å². The Balaban J connectivity index is 2.75. The zero-order valence-corrected chi connectivity index (χ0v) is 6.52. The summed E-state index contributed by atoms with van der Waals surface area (Å²) in [5.74, 6) is 1.72. The number of thioether (sulfide) groups is 1. The summed E-state index contributed by atoms with van der Waals surface area (Å²) < 4.78 is 0. The second-order valence-electron chi connectivity index (χ2n) is 2.00. The first-order valence-corrected chi connectivity index (χ1v) is 4.29. The molecule has 56 valence electrons. The number of hydrogen-bond donors (Lipinski definition) is 2. The second kappa shape index (κ2) is 6.39. The highest BCUT2D eigenvalue weighted by molar-refractivity contribution is 7.99. The fourth-order valence-corrected chi connectivity index (χ4v) is 1.26. The van der Waals surface area contributed by atoms with Crippen LogP contribution >= 0.6 is 11.8 Å². The average Bonchev–Trinajstić information content (AvgIpc) is 1.80. The van der Waals surface area contributed by atoms with Crippen LogP contribution < -0.4 is 0 Å². The predicted octanol–water partition coefficient (Wildman–Crippen LogP) is 0.483. The number of aliphatic hydroxyl groups is 2. The lowest BCUT2D eigenvalue weighted by Gasteiger charge is -2.01. The van der Waals surface area contributed by atoms with Crippen molar-refractivity contribution in [2.75, 3.05) is 18.1 Å². The van der Waals surface area contributed by atoms with E-state index in [1.54, 1.807) is 18.7 Å². The summed E-state index contributed by atoms with van der Waals surface area (Å²) >= 11 is 1.68. The Labute approximate surface area is 60.3 Å². The van der Waals surface area contributed by atoms with Crippen LogP contribution in [0.15, 0.2) is 0 Å². The van der Waals surface area contributed by atoms with E-state index in [4.69, 9.17) is 10.2 Å². The summed E-state index contributed by atoms with van der Waals surface area (Å²) in [7, 11) is 0. The van der Waals surface area contributed by atoms with Gasteiger partial charge in [0.15, 0.2) is 0 Å². The molecule has 0 unspecified atom stereocenters. The third-order valence-electron chi connectivity index (χ3n) is 0.806. The molecule has 9 heavy (non-hydrogen) atoms. The van der Waals surface area contributed by atoms with Gasteiger partial charge in [0.1, 0.15) is 0 Å². The molecule has 3 heteroatoms. The van der Waals surface area contributed by atoms with Gasteiger partial charge in [0, 0.05) is 12.4 Å². The quantitative estimate of drug-likeness (QED) is 0.560. The second-order valence-corrected chi connectivity index (χ2v) is 3.15. The van der Waals surface area contributed by atoms with Gasteiger partial charge < -0.3 is 10.2 Å². The summed E-state index contributed by atoms with van der Waals surface area (Å²) in [6, 6.07) is 0. The first-order valence-electron chi connectivity index (χ1n) is 3.14. The molecule has 0 aliphatic heterocycles. The van der Waals surface area contributed by atoms with Gasteiger partial charge in [0.2, 0.25) is 0 Å². The van der Waals surface area contributed by atoms with Gasteiger partial charge in [-0.15, -0.1) is 0 Å². The smallest absolute Gasteiger partial charge is 0.0602 e. The number of aliphatic hydroxyl groups excluding tert-OH is 2. The van der Waals surface area contributed by atoms with E-state index in [2.05, 4.69) is 0 Å². The zero-order valence-electron chi connectivity index (χ0n) is 5.71. The Bertz CT molecular complexity index is 57.0. The average molecular weight is 150 g/mol. The van der Waals surface area contributed by atoms with Crippen molar-refractivity contribution in [3.8, 4) is 0 Å². The highest BCUT2D eigenvalue weighted by atomic mass is 32.2. The lowest BCUT2D eigenvalue weighted by Crippen LogP contribution is -2.03. The summed E-state index contributed by atoms with van der Waals surface area (Å²) in [6.07, 6.45) is 0.617. The van der Waals surface area contributed by atoms with E-state index in [1.165, 1.54) is 0 Å². The van der Waals surface area contributed by atoms with Crippen molar-refractivity contribution in [3.63, 3.8) is 0 Å². The summed E-state index contributed by atoms with van der Waals surface area (Å²) in [6.45, 7) is 2.03. The maximum Gasteiger partial charge on any atom is 0.0602 e. The van der Waals surface area contributed by atoms with Crippen molar-refractivity contribution in [1.29, 1.82) is 0 Å². The van der Waals surface area contributed by atoms with Gasteiger partial charge in [0.25, 0.3) is 0 Å². The molecule has 0 aromatic heterocycles. The maximum atomic E-state index is 8.77. The SMILES string of the molecule is C[C@@H](O)CSCCCO. The molecule has 0 heterocycles. The normalized spacial score (nSPS) is 13.7. The molecule has 2 N–H and O–H groups in total. The van der Waals surface area contributed by atoms with Crippen LogP contribution in [0, 0.1) is 0 Å². The topological polar surface area (TPSA) is 40.5 Å². The standard InChI is InChI=1S/C6H14O2S/c1-6(8)5-9-4-2-3-7/h6-8H,2-5H2,1H3/t6-/m1/s1.